The summed E-state index contributed by atoms with van der Waals surface area (Å²) in [6.07, 6.45) is 0. The second-order valence-corrected chi connectivity index (χ2v) is 7.63. The summed E-state index contributed by atoms with van der Waals surface area (Å²) in [6.45, 7) is 2.09. The van der Waals surface area contributed by atoms with E-state index in [9.17, 15) is 4.57 Å². The lowest BCUT2D eigenvalue weighted by Gasteiger charge is -2.18. The Morgan fingerprint density at radius 3 is 1.61 bits per heavy atom. The Bertz CT molecular complexity index is 538. The molecule has 1 fully saturated rings. The molecule has 0 radical (unpaired) electrons. The van der Waals surface area contributed by atoms with Crippen molar-refractivity contribution in [1.82, 2.24) is 5.32 Å². The normalized spacial score (nSPS) is 22.7. The van der Waals surface area contributed by atoms with Crippen LogP contribution < -0.4 is 15.9 Å². The van der Waals surface area contributed by atoms with E-state index >= 15 is 0 Å². The average Bonchev–Trinajstić information content (AvgIpc) is 3.17. The van der Waals surface area contributed by atoms with Crippen molar-refractivity contribution in [2.45, 2.75) is 18.7 Å². The summed E-state index contributed by atoms with van der Waals surface area (Å²) in [6, 6.07) is 20.0. The topological polar surface area (TPSA) is 39.0 Å². The zero-order valence-corrected chi connectivity index (χ0v) is 11.2. The molecule has 0 amide bonds. The molecule has 1 heterocycles. The van der Waals surface area contributed by atoms with E-state index in [-0.39, 0.29) is 5.78 Å². The Balaban J connectivity index is 2.14. The third kappa shape index (κ3) is 1.82. The fourth-order valence-electron chi connectivity index (χ4n) is 2.40. The minimum atomic E-state index is -2.55. The van der Waals surface area contributed by atoms with Crippen LogP contribution in [-0.4, -0.2) is 11.8 Å². The molecule has 0 bridgehead atoms. The van der Waals surface area contributed by atoms with E-state index in [2.05, 4.69) is 12.2 Å². The second-order valence-electron chi connectivity index (χ2n) is 4.73. The van der Waals surface area contributed by atoms with Crippen molar-refractivity contribution in [1.29, 1.82) is 0 Å². The summed E-state index contributed by atoms with van der Waals surface area (Å²) >= 11 is 0. The van der Waals surface area contributed by atoms with E-state index in [1.54, 1.807) is 0 Å². The predicted molar refractivity (Wildman–Crippen MR) is 76.1 cm³/mol. The number of benzene rings is 2. The molecule has 1 aliphatic rings. The van der Waals surface area contributed by atoms with Crippen LogP contribution in [0.5, 0.6) is 0 Å². The van der Waals surface area contributed by atoms with Gasteiger partial charge in [-0.05, 0) is 6.92 Å². The maximum atomic E-state index is 13.5. The van der Waals surface area contributed by atoms with Crippen molar-refractivity contribution >= 4 is 17.8 Å². The lowest BCUT2D eigenvalue weighted by Crippen LogP contribution is -2.21. The minimum absolute atomic E-state index is 0.0855. The Morgan fingerprint density at radius 2 is 1.28 bits per heavy atom. The van der Waals surface area contributed by atoms with Gasteiger partial charge in [0.1, 0.15) is 0 Å². The van der Waals surface area contributed by atoms with E-state index in [4.69, 9.17) is 0 Å². The van der Waals surface area contributed by atoms with E-state index in [1.807, 2.05) is 60.7 Å². The molecule has 2 aromatic rings. The average molecular weight is 257 g/mol. The van der Waals surface area contributed by atoms with Crippen molar-refractivity contribution < 1.29 is 4.57 Å². The monoisotopic (exact) mass is 257 g/mol. The first-order chi connectivity index (χ1) is 8.73. The van der Waals surface area contributed by atoms with Gasteiger partial charge in [0.2, 0.25) is 0 Å². The Kier molecular flexibility index (Phi) is 2.85. The Hall–Kier alpha value is -1.37. The standard InChI is InChI=1S/C15H16NOP/c1-12-15(16-12)18(17,13-8-4-2-5-9-13)14-10-6-3-7-11-14/h2-12,15-16H,1H3/t12-,15+/m1/s1. The van der Waals surface area contributed by atoms with Crippen LogP contribution in [0.4, 0.5) is 0 Å². The molecule has 0 aromatic heterocycles. The van der Waals surface area contributed by atoms with Gasteiger partial charge in [0.25, 0.3) is 0 Å². The van der Waals surface area contributed by atoms with E-state index in [0.29, 0.717) is 6.04 Å². The number of rotatable bonds is 3. The van der Waals surface area contributed by atoms with Crippen molar-refractivity contribution in [3.8, 4) is 0 Å². The lowest BCUT2D eigenvalue weighted by atomic mass is 10.4. The van der Waals surface area contributed by atoms with E-state index in [0.717, 1.165) is 10.6 Å². The molecule has 2 aromatic carbocycles. The fourth-order valence-corrected chi connectivity index (χ4v) is 5.65. The van der Waals surface area contributed by atoms with Gasteiger partial charge in [0.15, 0.2) is 7.14 Å². The maximum Gasteiger partial charge on any atom is 0.160 e. The molecule has 1 aliphatic heterocycles. The molecule has 2 nitrogen and oxygen atoms in total. The van der Waals surface area contributed by atoms with Gasteiger partial charge in [-0.1, -0.05) is 60.7 Å². The van der Waals surface area contributed by atoms with Crippen molar-refractivity contribution in [2.24, 2.45) is 0 Å². The van der Waals surface area contributed by atoms with Crippen LogP contribution in [0.3, 0.4) is 0 Å². The fraction of sp³-hybridized carbons (Fsp3) is 0.200. The van der Waals surface area contributed by atoms with Gasteiger partial charge in [0, 0.05) is 16.7 Å². The lowest BCUT2D eigenvalue weighted by molar-refractivity contribution is 0.585. The van der Waals surface area contributed by atoms with Gasteiger partial charge >= 0.3 is 0 Å². The minimum Gasteiger partial charge on any atom is -0.312 e. The summed E-state index contributed by atoms with van der Waals surface area (Å²) in [7, 11) is -2.55. The molecule has 1 saturated heterocycles. The van der Waals surface area contributed by atoms with Crippen LogP contribution >= 0.6 is 7.14 Å². The molecule has 92 valence electrons. The summed E-state index contributed by atoms with van der Waals surface area (Å²) in [5.41, 5.74) is 0. The third-order valence-electron chi connectivity index (χ3n) is 3.47. The van der Waals surface area contributed by atoms with E-state index in [1.165, 1.54) is 0 Å². The molecule has 0 unspecified atom stereocenters. The van der Waals surface area contributed by atoms with Gasteiger partial charge < -0.3 is 9.88 Å². The number of hydrogen-bond donors (Lipinski definition) is 1. The highest BCUT2D eigenvalue weighted by atomic mass is 31.2. The summed E-state index contributed by atoms with van der Waals surface area (Å²) < 4.78 is 13.5. The highest BCUT2D eigenvalue weighted by Crippen LogP contribution is 2.53. The smallest absolute Gasteiger partial charge is 0.160 e. The largest absolute Gasteiger partial charge is 0.312 e. The maximum absolute atomic E-state index is 13.5. The zero-order chi connectivity index (χ0) is 12.6. The molecule has 1 N–H and O–H groups in total. The van der Waals surface area contributed by atoms with Gasteiger partial charge in [0.05, 0.1) is 5.78 Å². The molecule has 0 aliphatic carbocycles. The Morgan fingerprint density at radius 1 is 0.889 bits per heavy atom. The van der Waals surface area contributed by atoms with Crippen LogP contribution in [0.15, 0.2) is 60.7 Å². The van der Waals surface area contributed by atoms with Crippen LogP contribution in [0.2, 0.25) is 0 Å². The van der Waals surface area contributed by atoms with Gasteiger partial charge in [-0.25, -0.2) is 0 Å². The van der Waals surface area contributed by atoms with Gasteiger partial charge in [-0.3, -0.25) is 0 Å². The first kappa shape index (κ1) is 11.7. The summed E-state index contributed by atoms with van der Waals surface area (Å²) in [5.74, 6) is 0.0855. The molecule has 18 heavy (non-hydrogen) atoms. The van der Waals surface area contributed by atoms with Crippen LogP contribution in [0, 0.1) is 0 Å². The van der Waals surface area contributed by atoms with Crippen LogP contribution in [0.1, 0.15) is 6.92 Å². The van der Waals surface area contributed by atoms with Crippen molar-refractivity contribution in [3.63, 3.8) is 0 Å². The molecule has 3 heteroatoms. The van der Waals surface area contributed by atoms with Crippen LogP contribution in [0.25, 0.3) is 0 Å². The SMILES string of the molecule is C[C@H]1N[C@H]1P(=O)(c1ccccc1)c1ccccc1. The van der Waals surface area contributed by atoms with Gasteiger partial charge in [-0.15, -0.1) is 0 Å². The first-order valence-corrected chi connectivity index (χ1v) is 7.97. The third-order valence-corrected chi connectivity index (χ3v) is 6.98. The molecule has 0 spiro atoms. The van der Waals surface area contributed by atoms with Crippen LogP contribution in [-0.2, 0) is 4.57 Å². The summed E-state index contributed by atoms with van der Waals surface area (Å²) in [5, 5.41) is 5.19. The Labute approximate surface area is 107 Å². The molecular formula is C15H16NOP. The van der Waals surface area contributed by atoms with E-state index < -0.39 is 7.14 Å². The highest BCUT2D eigenvalue weighted by molar-refractivity contribution is 7.79. The van der Waals surface area contributed by atoms with Crippen molar-refractivity contribution in [2.75, 3.05) is 0 Å². The predicted octanol–water partition coefficient (Wildman–Crippen LogP) is 2.32. The second kappa shape index (κ2) is 4.38. The molecule has 0 saturated carbocycles. The number of nitrogens with one attached hydrogen (secondary N) is 1. The molecular weight excluding hydrogens is 241 g/mol. The zero-order valence-electron chi connectivity index (χ0n) is 10.3. The quantitative estimate of drug-likeness (QED) is 0.677. The van der Waals surface area contributed by atoms with Gasteiger partial charge in [-0.2, -0.15) is 0 Å². The van der Waals surface area contributed by atoms with Crippen molar-refractivity contribution in [3.05, 3.63) is 60.7 Å². The molecule has 2 atom stereocenters. The highest BCUT2D eigenvalue weighted by Gasteiger charge is 2.48. The summed E-state index contributed by atoms with van der Waals surface area (Å²) in [4.78, 5) is 0. The first-order valence-electron chi connectivity index (χ1n) is 6.20. The number of hydrogen-bond acceptors (Lipinski definition) is 2. The molecule has 3 rings (SSSR count).